The van der Waals surface area contributed by atoms with Crippen LogP contribution in [0.25, 0.3) is 10.8 Å². The van der Waals surface area contributed by atoms with Crippen molar-refractivity contribution >= 4 is 26.7 Å². The molecule has 0 aliphatic rings. The lowest BCUT2D eigenvalue weighted by atomic mass is 10.0. The molecule has 0 aliphatic carbocycles. The molecule has 21 heavy (non-hydrogen) atoms. The van der Waals surface area contributed by atoms with Gasteiger partial charge < -0.3 is 24.1 Å². The molecule has 6 heteroatoms. The maximum absolute atomic E-state index is 9.67. The standard InChI is InChI=1S/C15H17BrO5/c1-18-8-20-14-5-10-3-4-11(16)6-12(10)15(13(14)7-17)21-9-19-2/h3-6,17H,7-9H2,1-2H3. The Labute approximate surface area is 131 Å². The van der Waals surface area contributed by atoms with E-state index >= 15 is 0 Å². The molecule has 114 valence electrons. The zero-order valence-corrected chi connectivity index (χ0v) is 13.5. The topological polar surface area (TPSA) is 57.2 Å². The van der Waals surface area contributed by atoms with E-state index < -0.39 is 0 Å². The van der Waals surface area contributed by atoms with Crippen LogP contribution in [0.5, 0.6) is 11.5 Å². The molecular formula is C15H17BrO5. The second kappa shape index (κ2) is 7.61. The molecule has 2 rings (SSSR count). The number of aliphatic hydroxyl groups excluding tert-OH is 1. The first-order valence-corrected chi connectivity index (χ1v) is 7.10. The van der Waals surface area contributed by atoms with E-state index in [1.165, 1.54) is 0 Å². The lowest BCUT2D eigenvalue weighted by Gasteiger charge is -2.17. The highest BCUT2D eigenvalue weighted by Gasteiger charge is 2.16. The fraction of sp³-hybridized carbons (Fsp3) is 0.333. The third-order valence-corrected chi connectivity index (χ3v) is 3.42. The van der Waals surface area contributed by atoms with E-state index in [0.717, 1.165) is 15.2 Å². The van der Waals surface area contributed by atoms with Gasteiger partial charge >= 0.3 is 0 Å². The summed E-state index contributed by atoms with van der Waals surface area (Å²) in [5.41, 5.74) is 0.565. The van der Waals surface area contributed by atoms with Gasteiger partial charge in [0.25, 0.3) is 0 Å². The van der Waals surface area contributed by atoms with Gasteiger partial charge in [0.15, 0.2) is 13.6 Å². The molecule has 0 radical (unpaired) electrons. The summed E-state index contributed by atoms with van der Waals surface area (Å²) >= 11 is 3.44. The number of rotatable bonds is 7. The van der Waals surface area contributed by atoms with Crippen LogP contribution >= 0.6 is 15.9 Å². The number of halogens is 1. The summed E-state index contributed by atoms with van der Waals surface area (Å²) in [4.78, 5) is 0. The molecule has 2 aromatic carbocycles. The third kappa shape index (κ3) is 3.65. The van der Waals surface area contributed by atoms with Crippen molar-refractivity contribution in [2.45, 2.75) is 6.61 Å². The Kier molecular flexibility index (Phi) is 5.81. The quantitative estimate of drug-likeness (QED) is 0.772. The highest BCUT2D eigenvalue weighted by molar-refractivity contribution is 9.10. The number of methoxy groups -OCH3 is 2. The third-order valence-electron chi connectivity index (χ3n) is 2.93. The predicted molar refractivity (Wildman–Crippen MR) is 82.6 cm³/mol. The number of fused-ring (bicyclic) bond motifs is 1. The lowest BCUT2D eigenvalue weighted by Crippen LogP contribution is -2.06. The molecule has 0 fully saturated rings. The monoisotopic (exact) mass is 356 g/mol. The first kappa shape index (κ1) is 16.0. The van der Waals surface area contributed by atoms with Gasteiger partial charge in [-0.25, -0.2) is 0 Å². The van der Waals surface area contributed by atoms with Gasteiger partial charge in [-0.15, -0.1) is 0 Å². The zero-order chi connectivity index (χ0) is 15.2. The van der Waals surface area contributed by atoms with Gasteiger partial charge in [-0.3, -0.25) is 0 Å². The summed E-state index contributed by atoms with van der Waals surface area (Å²) in [7, 11) is 3.08. The Morgan fingerprint density at radius 3 is 2.43 bits per heavy atom. The molecule has 5 nitrogen and oxygen atoms in total. The highest BCUT2D eigenvalue weighted by Crippen LogP contribution is 2.38. The zero-order valence-electron chi connectivity index (χ0n) is 11.9. The highest BCUT2D eigenvalue weighted by atomic mass is 79.9. The maximum atomic E-state index is 9.67. The Bertz CT molecular complexity index is 615. The second-order valence-electron chi connectivity index (χ2n) is 4.31. The van der Waals surface area contributed by atoms with Crippen LogP contribution < -0.4 is 9.47 Å². The van der Waals surface area contributed by atoms with E-state index in [-0.39, 0.29) is 20.2 Å². The minimum Gasteiger partial charge on any atom is -0.467 e. The molecule has 0 saturated carbocycles. The van der Waals surface area contributed by atoms with Crippen LogP contribution in [0.1, 0.15) is 5.56 Å². The number of hydrogen-bond donors (Lipinski definition) is 1. The van der Waals surface area contributed by atoms with E-state index in [1.54, 1.807) is 14.2 Å². The SMILES string of the molecule is COCOc1cc2ccc(Br)cc2c(OCOC)c1CO. The summed E-state index contributed by atoms with van der Waals surface area (Å²) in [6, 6.07) is 7.66. The molecule has 0 unspecified atom stereocenters. The van der Waals surface area contributed by atoms with Crippen LogP contribution in [0.3, 0.4) is 0 Å². The number of benzene rings is 2. The lowest BCUT2D eigenvalue weighted by molar-refractivity contribution is 0.0438. The summed E-state index contributed by atoms with van der Waals surface area (Å²) in [5.74, 6) is 1.07. The summed E-state index contributed by atoms with van der Waals surface area (Å²) < 4.78 is 22.0. The molecule has 0 bridgehead atoms. The van der Waals surface area contributed by atoms with Gasteiger partial charge in [0.2, 0.25) is 0 Å². The molecule has 0 aliphatic heterocycles. The Morgan fingerprint density at radius 1 is 1.05 bits per heavy atom. The van der Waals surface area contributed by atoms with Gasteiger partial charge in [-0.1, -0.05) is 22.0 Å². The van der Waals surface area contributed by atoms with Crippen molar-refractivity contribution < 1.29 is 24.1 Å². The molecule has 0 aromatic heterocycles. The van der Waals surface area contributed by atoms with E-state index in [2.05, 4.69) is 15.9 Å². The fourth-order valence-electron chi connectivity index (χ4n) is 2.04. The molecule has 0 heterocycles. The maximum Gasteiger partial charge on any atom is 0.188 e. The Hall–Kier alpha value is -1.34. The molecular weight excluding hydrogens is 340 g/mol. The largest absolute Gasteiger partial charge is 0.467 e. The minimum absolute atomic E-state index is 0.0857. The molecule has 0 saturated heterocycles. The number of ether oxygens (including phenoxy) is 4. The number of aliphatic hydroxyl groups is 1. The molecule has 2 aromatic rings. The summed E-state index contributed by atoms with van der Waals surface area (Å²) in [6.45, 7) is -0.0261. The van der Waals surface area contributed by atoms with E-state index in [0.29, 0.717) is 17.1 Å². The van der Waals surface area contributed by atoms with Crippen molar-refractivity contribution in [1.82, 2.24) is 0 Å². The first-order chi connectivity index (χ1) is 10.2. The molecule has 0 atom stereocenters. The van der Waals surface area contributed by atoms with Gasteiger partial charge in [-0.2, -0.15) is 0 Å². The van der Waals surface area contributed by atoms with Crippen molar-refractivity contribution in [2.75, 3.05) is 27.8 Å². The van der Waals surface area contributed by atoms with Gasteiger partial charge in [0, 0.05) is 24.1 Å². The van der Waals surface area contributed by atoms with Crippen LogP contribution in [0.15, 0.2) is 28.7 Å². The van der Waals surface area contributed by atoms with E-state index in [9.17, 15) is 5.11 Å². The van der Waals surface area contributed by atoms with Crippen molar-refractivity contribution in [3.8, 4) is 11.5 Å². The smallest absolute Gasteiger partial charge is 0.188 e. The van der Waals surface area contributed by atoms with Crippen LogP contribution in [-0.2, 0) is 16.1 Å². The van der Waals surface area contributed by atoms with Crippen LogP contribution in [0.2, 0.25) is 0 Å². The van der Waals surface area contributed by atoms with Gasteiger partial charge in [0.05, 0.1) is 12.2 Å². The summed E-state index contributed by atoms with van der Waals surface area (Å²) in [6.07, 6.45) is 0. The first-order valence-electron chi connectivity index (χ1n) is 6.30. The minimum atomic E-state index is -0.208. The van der Waals surface area contributed by atoms with E-state index in [1.807, 2.05) is 24.3 Å². The van der Waals surface area contributed by atoms with Crippen molar-refractivity contribution in [3.05, 3.63) is 34.3 Å². The Balaban J connectivity index is 2.60. The predicted octanol–water partition coefficient (Wildman–Crippen LogP) is 3.06. The van der Waals surface area contributed by atoms with Gasteiger partial charge in [-0.05, 0) is 23.6 Å². The fourth-order valence-corrected chi connectivity index (χ4v) is 2.40. The normalized spacial score (nSPS) is 10.9. The average Bonchev–Trinajstić information content (AvgIpc) is 2.50. The molecule has 0 amide bonds. The van der Waals surface area contributed by atoms with Crippen molar-refractivity contribution in [2.24, 2.45) is 0 Å². The molecule has 1 N–H and O–H groups in total. The van der Waals surface area contributed by atoms with E-state index in [4.69, 9.17) is 18.9 Å². The molecule has 0 spiro atoms. The van der Waals surface area contributed by atoms with Crippen LogP contribution in [-0.4, -0.2) is 32.9 Å². The Morgan fingerprint density at radius 2 is 1.76 bits per heavy atom. The number of hydrogen-bond acceptors (Lipinski definition) is 5. The van der Waals surface area contributed by atoms with Crippen LogP contribution in [0.4, 0.5) is 0 Å². The van der Waals surface area contributed by atoms with Crippen molar-refractivity contribution in [3.63, 3.8) is 0 Å². The van der Waals surface area contributed by atoms with Gasteiger partial charge in [0.1, 0.15) is 11.5 Å². The van der Waals surface area contributed by atoms with Crippen LogP contribution in [0, 0.1) is 0 Å². The average molecular weight is 357 g/mol. The van der Waals surface area contributed by atoms with Crippen molar-refractivity contribution in [1.29, 1.82) is 0 Å². The second-order valence-corrected chi connectivity index (χ2v) is 5.22. The summed E-state index contributed by atoms with van der Waals surface area (Å²) in [5, 5.41) is 11.5.